The Balaban J connectivity index is 1.21. The third-order valence-corrected chi connectivity index (χ3v) is 16.2. The van der Waals surface area contributed by atoms with Gasteiger partial charge in [-0.3, -0.25) is 0 Å². The third kappa shape index (κ3) is 6.73. The number of thiophene rings is 1. The molecule has 0 amide bonds. The van der Waals surface area contributed by atoms with Crippen LogP contribution >= 0.6 is 11.3 Å². The summed E-state index contributed by atoms with van der Waals surface area (Å²) in [7, 11) is 28.6. The van der Waals surface area contributed by atoms with Crippen LogP contribution in [0.3, 0.4) is 0 Å². The molecule has 10 aromatic rings. The number of para-hydroxylation sites is 1. The predicted molar refractivity (Wildman–Crippen MR) is 321 cm³/mol. The van der Waals surface area contributed by atoms with Crippen LogP contribution in [0.4, 0.5) is 17.1 Å². The van der Waals surface area contributed by atoms with E-state index in [0.717, 1.165) is 56.1 Å². The number of anilines is 3. The van der Waals surface area contributed by atoms with Crippen LogP contribution in [0.2, 0.25) is 0 Å². The van der Waals surface area contributed by atoms with E-state index in [2.05, 4.69) is 194 Å². The molecule has 0 spiro atoms. The Morgan fingerprint density at radius 2 is 1.06 bits per heavy atom. The van der Waals surface area contributed by atoms with E-state index in [1.807, 2.05) is 17.4 Å². The summed E-state index contributed by atoms with van der Waals surface area (Å²) in [6.07, 6.45) is 0. The number of hydrogen-bond donors (Lipinski definition) is 0. The minimum absolute atomic E-state index is 0.727. The Labute approximate surface area is 401 Å². The van der Waals surface area contributed by atoms with E-state index < -0.39 is 0 Å². The third-order valence-electron chi connectivity index (χ3n) is 15.0. The summed E-state index contributed by atoms with van der Waals surface area (Å²) in [6, 6.07) is 39.3. The second kappa shape index (κ2) is 16.6. The van der Waals surface area contributed by atoms with Crippen molar-refractivity contribution in [2.45, 2.75) is 0 Å². The van der Waals surface area contributed by atoms with Crippen molar-refractivity contribution in [1.29, 1.82) is 0 Å². The van der Waals surface area contributed by atoms with Gasteiger partial charge in [-0.15, -0.1) is 22.3 Å². The number of hydrogen-bond acceptors (Lipinski definition) is 5. The van der Waals surface area contributed by atoms with Gasteiger partial charge in [-0.25, -0.2) is 0 Å². The molecule has 0 unspecified atom stereocenters. The van der Waals surface area contributed by atoms with Gasteiger partial charge in [0, 0.05) is 61.1 Å². The summed E-state index contributed by atoms with van der Waals surface area (Å²) in [5, 5.41) is 6.30. The minimum atomic E-state index is 0.727. The van der Waals surface area contributed by atoms with E-state index in [0.29, 0.717) is 0 Å². The summed E-state index contributed by atoms with van der Waals surface area (Å²) < 4.78 is 20.1. The average molecular weight is 860 g/mol. The first-order valence-corrected chi connectivity index (χ1v) is 23.7. The molecule has 16 heteroatoms. The lowest BCUT2D eigenvalue weighted by molar-refractivity contribution is 0.394. The average Bonchev–Trinajstić information content (AvgIpc) is 3.95. The number of fused-ring (bicyclic) bond motifs is 5. The zero-order chi connectivity index (χ0) is 46.5. The SMILES string of the molecule is Bc1c(B)c(N(c2cc(OC)cc(OC)c2)c2cccc(-c3c(B)c(B)c4c(B)c(B)c(B)c(B)c4c3B)c2)c(B)c(B)c1-c1ccc(-c2cc3ccccc3s2)c2c1oc1ccccc12. The van der Waals surface area contributed by atoms with Gasteiger partial charge in [0.2, 0.25) is 0 Å². The van der Waals surface area contributed by atoms with Crippen LogP contribution in [0, 0.1) is 0 Å². The molecule has 0 aliphatic carbocycles. The first kappa shape index (κ1) is 43.8. The zero-order valence-electron chi connectivity index (χ0n) is 40.5. The Morgan fingerprint density at radius 1 is 0.470 bits per heavy atom. The minimum Gasteiger partial charge on any atom is -0.497 e. The number of furan rings is 1. The molecule has 308 valence electrons. The standard InChI is InChI=1S/C50H46B11NO3S/c1-63-25-18-24(19-26(20-25)64-2)62(23-10-7-9-22(16-23)33-38(51)36-37(42(55)39(33)52)44(57)46(59)45(58)43(36)56)49-47(60)40(53)35(41(54)48(49)61)29-15-14-28(32-17-21-8-3-6-13-31(21)66-32)34-27-11-4-5-12-30(27)65-50(29)34/h3-20H,51-61H2,1-2H3. The lowest BCUT2D eigenvalue weighted by Crippen LogP contribution is -2.52. The highest BCUT2D eigenvalue weighted by Crippen LogP contribution is 2.45. The van der Waals surface area contributed by atoms with Gasteiger partial charge in [0.1, 0.15) is 109 Å². The van der Waals surface area contributed by atoms with Crippen molar-refractivity contribution >= 4 is 218 Å². The fraction of sp³-hybridized carbons (Fsp3) is 0.0400. The van der Waals surface area contributed by atoms with E-state index in [-0.39, 0.29) is 0 Å². The Kier molecular flexibility index (Phi) is 11.0. The van der Waals surface area contributed by atoms with E-state index >= 15 is 0 Å². The molecule has 66 heavy (non-hydrogen) atoms. The highest BCUT2D eigenvalue weighted by atomic mass is 32.1. The second-order valence-electron chi connectivity index (χ2n) is 18.3. The molecule has 0 aliphatic rings. The lowest BCUT2D eigenvalue weighted by atomic mass is 9.58. The summed E-state index contributed by atoms with van der Waals surface area (Å²) in [5.74, 6) is 1.45. The van der Waals surface area contributed by atoms with E-state index in [1.165, 1.54) is 108 Å². The quantitative estimate of drug-likeness (QED) is 0.144. The van der Waals surface area contributed by atoms with Crippen LogP contribution in [0.25, 0.3) is 75.5 Å². The molecule has 2 aromatic heterocycles. The fourth-order valence-electron chi connectivity index (χ4n) is 11.0. The fourth-order valence-corrected chi connectivity index (χ4v) is 12.1. The van der Waals surface area contributed by atoms with Gasteiger partial charge in [-0.1, -0.05) is 104 Å². The predicted octanol–water partition coefficient (Wildman–Crippen LogP) is -4.72. The number of ether oxygens (including phenoxy) is 2. The molecule has 0 saturated carbocycles. The molecule has 0 aliphatic heterocycles. The van der Waals surface area contributed by atoms with Crippen LogP contribution in [-0.2, 0) is 0 Å². The van der Waals surface area contributed by atoms with Gasteiger partial charge in [0.25, 0.3) is 0 Å². The first-order chi connectivity index (χ1) is 31.7. The van der Waals surface area contributed by atoms with Crippen molar-refractivity contribution in [2.24, 2.45) is 0 Å². The van der Waals surface area contributed by atoms with Crippen molar-refractivity contribution < 1.29 is 13.9 Å². The summed E-state index contributed by atoms with van der Waals surface area (Å²) in [5.41, 5.74) is 25.2. The summed E-state index contributed by atoms with van der Waals surface area (Å²) in [6.45, 7) is 0. The highest BCUT2D eigenvalue weighted by Gasteiger charge is 2.27. The lowest BCUT2D eigenvalue weighted by Gasteiger charge is -2.33. The number of benzene rings is 8. The molecule has 10 rings (SSSR count). The maximum Gasteiger partial charge on any atom is 0.143 e. The molecule has 0 N–H and O–H groups in total. The molecule has 0 fully saturated rings. The monoisotopic (exact) mass is 861 g/mol. The van der Waals surface area contributed by atoms with Crippen molar-refractivity contribution in [3.05, 3.63) is 109 Å². The number of rotatable bonds is 8. The Bertz CT molecular complexity index is 3600. The molecule has 0 bridgehead atoms. The molecular formula is C50H46B11NO3S. The number of nitrogens with zero attached hydrogens (tertiary/aromatic N) is 1. The molecule has 0 radical (unpaired) electrons. The maximum atomic E-state index is 6.93. The second-order valence-corrected chi connectivity index (χ2v) is 19.4. The van der Waals surface area contributed by atoms with Crippen molar-refractivity contribution in [1.82, 2.24) is 0 Å². The normalized spacial score (nSPS) is 11.5. The van der Waals surface area contributed by atoms with Crippen LogP contribution in [-0.4, -0.2) is 101 Å². The van der Waals surface area contributed by atoms with Crippen molar-refractivity contribution in [3.63, 3.8) is 0 Å². The smallest absolute Gasteiger partial charge is 0.143 e. The summed E-state index contributed by atoms with van der Waals surface area (Å²) >= 11 is 1.84. The van der Waals surface area contributed by atoms with Crippen LogP contribution in [0.1, 0.15) is 0 Å². The summed E-state index contributed by atoms with van der Waals surface area (Å²) in [4.78, 5) is 3.65. The highest BCUT2D eigenvalue weighted by molar-refractivity contribution is 7.22. The largest absolute Gasteiger partial charge is 0.497 e. The van der Waals surface area contributed by atoms with Gasteiger partial charge in [-0.05, 0) is 69.2 Å². The molecule has 4 nitrogen and oxygen atoms in total. The van der Waals surface area contributed by atoms with Gasteiger partial charge in [0.05, 0.1) is 19.9 Å². The molecule has 8 aromatic carbocycles. The van der Waals surface area contributed by atoms with Crippen LogP contribution < -0.4 is 74.5 Å². The Hall–Kier alpha value is -6.11. The van der Waals surface area contributed by atoms with E-state index in [4.69, 9.17) is 13.9 Å². The van der Waals surface area contributed by atoms with Gasteiger partial charge in [0.15, 0.2) is 0 Å². The molecule has 0 saturated heterocycles. The van der Waals surface area contributed by atoms with E-state index in [9.17, 15) is 0 Å². The van der Waals surface area contributed by atoms with Crippen molar-refractivity contribution in [3.8, 4) is 44.2 Å². The maximum absolute atomic E-state index is 6.93. The van der Waals surface area contributed by atoms with Crippen LogP contribution in [0.15, 0.2) is 114 Å². The van der Waals surface area contributed by atoms with Crippen molar-refractivity contribution in [2.75, 3.05) is 19.1 Å². The zero-order valence-corrected chi connectivity index (χ0v) is 41.3. The topological polar surface area (TPSA) is 34.8 Å². The van der Waals surface area contributed by atoms with Gasteiger partial charge < -0.3 is 18.8 Å². The van der Waals surface area contributed by atoms with Gasteiger partial charge >= 0.3 is 0 Å². The number of methoxy groups -OCH3 is 2. The first-order valence-electron chi connectivity index (χ1n) is 22.9. The molecular weight excluding hydrogens is 814 g/mol. The van der Waals surface area contributed by atoms with Crippen LogP contribution in [0.5, 0.6) is 11.5 Å². The van der Waals surface area contributed by atoms with E-state index in [1.54, 1.807) is 14.2 Å². The Morgan fingerprint density at radius 3 is 1.73 bits per heavy atom. The molecule has 2 heterocycles. The van der Waals surface area contributed by atoms with Gasteiger partial charge in [-0.2, -0.15) is 0 Å². The molecule has 0 atom stereocenters.